The molecule has 6 heteroatoms. The van der Waals surface area contributed by atoms with E-state index >= 15 is 0 Å². The van der Waals surface area contributed by atoms with Crippen LogP contribution in [0.4, 0.5) is 5.69 Å². The first-order valence-electron chi connectivity index (χ1n) is 8.52. The van der Waals surface area contributed by atoms with Gasteiger partial charge in [-0.05, 0) is 45.7 Å². The highest BCUT2D eigenvalue weighted by atomic mass is 16.6. The highest BCUT2D eigenvalue weighted by Crippen LogP contribution is 2.29. The largest absolute Gasteiger partial charge is 0.456 e. The molecular formula is C18H26N4O2. The van der Waals surface area contributed by atoms with Gasteiger partial charge in [-0.1, -0.05) is 6.92 Å². The number of carbonyl (C=O) groups is 1. The number of hydrogen-bond donors (Lipinski definition) is 3. The summed E-state index contributed by atoms with van der Waals surface area (Å²) in [6, 6.07) is 2.21. The lowest BCUT2D eigenvalue weighted by molar-refractivity contribution is 0.00703. The average molecular weight is 330 g/mol. The molecule has 0 radical (unpaired) electrons. The summed E-state index contributed by atoms with van der Waals surface area (Å²) in [6.07, 6.45) is 4.54. The molecule has 0 spiro atoms. The van der Waals surface area contributed by atoms with Gasteiger partial charge >= 0.3 is 5.97 Å². The van der Waals surface area contributed by atoms with Gasteiger partial charge < -0.3 is 20.4 Å². The molecule has 2 aromatic heterocycles. The molecule has 1 aliphatic heterocycles. The van der Waals surface area contributed by atoms with E-state index in [0.717, 1.165) is 36.2 Å². The van der Waals surface area contributed by atoms with E-state index in [0.29, 0.717) is 11.5 Å². The summed E-state index contributed by atoms with van der Waals surface area (Å²) in [6.45, 7) is 9.76. The van der Waals surface area contributed by atoms with E-state index in [2.05, 4.69) is 27.5 Å². The van der Waals surface area contributed by atoms with Crippen LogP contribution in [0.3, 0.4) is 0 Å². The summed E-state index contributed by atoms with van der Waals surface area (Å²) in [5, 5.41) is 7.90. The predicted octanol–water partition coefficient (Wildman–Crippen LogP) is 2.93. The number of pyridine rings is 1. The van der Waals surface area contributed by atoms with Crippen molar-refractivity contribution < 1.29 is 9.53 Å². The minimum absolute atomic E-state index is 0.264. The van der Waals surface area contributed by atoms with Crippen molar-refractivity contribution >= 4 is 22.7 Å². The molecule has 2 atom stereocenters. The number of nitrogens with zero attached hydrogens (tertiary/aromatic N) is 1. The fourth-order valence-electron chi connectivity index (χ4n) is 3.02. The zero-order chi connectivity index (χ0) is 17.3. The predicted molar refractivity (Wildman–Crippen MR) is 95.3 cm³/mol. The van der Waals surface area contributed by atoms with Gasteiger partial charge in [0.15, 0.2) is 0 Å². The van der Waals surface area contributed by atoms with Gasteiger partial charge in [-0.3, -0.25) is 0 Å². The lowest BCUT2D eigenvalue weighted by Gasteiger charge is -2.32. The number of piperidine rings is 1. The number of aromatic amines is 1. The van der Waals surface area contributed by atoms with Crippen LogP contribution < -0.4 is 10.6 Å². The first kappa shape index (κ1) is 16.8. The fourth-order valence-corrected chi connectivity index (χ4v) is 3.02. The molecule has 130 valence electrons. The second-order valence-electron chi connectivity index (χ2n) is 7.51. The second-order valence-corrected chi connectivity index (χ2v) is 7.51. The number of aromatic nitrogens is 2. The molecule has 0 amide bonds. The molecule has 24 heavy (non-hydrogen) atoms. The van der Waals surface area contributed by atoms with Gasteiger partial charge in [0.05, 0.1) is 5.69 Å². The van der Waals surface area contributed by atoms with Crippen molar-refractivity contribution in [3.63, 3.8) is 0 Å². The van der Waals surface area contributed by atoms with Gasteiger partial charge in [-0.25, -0.2) is 9.78 Å². The second kappa shape index (κ2) is 6.43. The van der Waals surface area contributed by atoms with E-state index in [1.165, 1.54) is 0 Å². The van der Waals surface area contributed by atoms with Gasteiger partial charge in [-0.2, -0.15) is 0 Å². The summed E-state index contributed by atoms with van der Waals surface area (Å²) >= 11 is 0. The summed E-state index contributed by atoms with van der Waals surface area (Å²) in [5.41, 5.74) is 1.51. The summed E-state index contributed by atoms with van der Waals surface area (Å²) in [7, 11) is 0. The third-order valence-corrected chi connectivity index (χ3v) is 4.36. The van der Waals surface area contributed by atoms with Crippen LogP contribution in [0, 0.1) is 5.92 Å². The molecule has 3 rings (SSSR count). The number of esters is 1. The molecule has 0 bridgehead atoms. The van der Waals surface area contributed by atoms with Crippen LogP contribution in [-0.2, 0) is 4.74 Å². The SMILES string of the molecule is C[C@@H]1CCNC[C@@H]1Nc1c(C(=O)OC(C)(C)C)cnc2[nH]ccc12. The van der Waals surface area contributed by atoms with Crippen molar-refractivity contribution in [1.82, 2.24) is 15.3 Å². The maximum Gasteiger partial charge on any atom is 0.342 e. The first-order chi connectivity index (χ1) is 11.3. The monoisotopic (exact) mass is 330 g/mol. The Bertz CT molecular complexity index is 732. The lowest BCUT2D eigenvalue weighted by atomic mass is 9.94. The maximum atomic E-state index is 12.6. The molecule has 1 saturated heterocycles. The van der Waals surface area contributed by atoms with E-state index in [1.807, 2.05) is 33.0 Å². The van der Waals surface area contributed by atoms with E-state index in [1.54, 1.807) is 6.20 Å². The zero-order valence-electron chi connectivity index (χ0n) is 14.8. The molecular weight excluding hydrogens is 304 g/mol. The van der Waals surface area contributed by atoms with Crippen molar-refractivity contribution in [1.29, 1.82) is 0 Å². The summed E-state index contributed by atoms with van der Waals surface area (Å²) in [5.74, 6) is 0.178. The first-order valence-corrected chi connectivity index (χ1v) is 8.52. The van der Waals surface area contributed by atoms with Crippen LogP contribution in [0.15, 0.2) is 18.5 Å². The van der Waals surface area contributed by atoms with E-state index < -0.39 is 5.60 Å². The molecule has 1 fully saturated rings. The molecule has 0 aromatic carbocycles. The van der Waals surface area contributed by atoms with Crippen LogP contribution in [0.2, 0.25) is 0 Å². The Morgan fingerprint density at radius 1 is 1.42 bits per heavy atom. The van der Waals surface area contributed by atoms with Crippen LogP contribution in [0.5, 0.6) is 0 Å². The van der Waals surface area contributed by atoms with Crippen LogP contribution >= 0.6 is 0 Å². The summed E-state index contributed by atoms with van der Waals surface area (Å²) in [4.78, 5) is 20.1. The molecule has 6 nitrogen and oxygen atoms in total. The number of ether oxygens (including phenoxy) is 1. The van der Waals surface area contributed by atoms with Crippen molar-refractivity contribution in [3.8, 4) is 0 Å². The molecule has 0 unspecified atom stereocenters. The molecule has 3 N–H and O–H groups in total. The van der Waals surface area contributed by atoms with Crippen LogP contribution in [0.25, 0.3) is 11.0 Å². The van der Waals surface area contributed by atoms with Gasteiger partial charge in [0, 0.05) is 30.4 Å². The van der Waals surface area contributed by atoms with Gasteiger partial charge in [0.1, 0.15) is 16.8 Å². The standard InChI is InChI=1S/C18H26N4O2/c1-11-5-7-19-10-14(11)22-15-12-6-8-20-16(12)21-9-13(15)17(23)24-18(2,3)4/h6,8-9,11,14,19H,5,7,10H2,1-4H3,(H2,20,21,22)/t11-,14+/m1/s1. The number of hydrogen-bond acceptors (Lipinski definition) is 5. The van der Waals surface area contributed by atoms with Crippen LogP contribution in [0.1, 0.15) is 44.5 Å². The number of anilines is 1. The fraction of sp³-hybridized carbons (Fsp3) is 0.556. The number of H-pyrrole nitrogens is 1. The Hall–Kier alpha value is -2.08. The highest BCUT2D eigenvalue weighted by Gasteiger charge is 2.26. The van der Waals surface area contributed by atoms with Crippen molar-refractivity contribution in [2.24, 2.45) is 5.92 Å². The number of carbonyl (C=O) groups excluding carboxylic acids is 1. The minimum atomic E-state index is -0.541. The minimum Gasteiger partial charge on any atom is -0.456 e. The van der Waals surface area contributed by atoms with Crippen LogP contribution in [-0.4, -0.2) is 40.7 Å². The lowest BCUT2D eigenvalue weighted by Crippen LogP contribution is -2.44. The third-order valence-electron chi connectivity index (χ3n) is 4.36. The van der Waals surface area contributed by atoms with Gasteiger partial charge in [0.2, 0.25) is 0 Å². The summed E-state index contributed by atoms with van der Waals surface area (Å²) < 4.78 is 5.56. The molecule has 2 aromatic rings. The molecule has 0 aliphatic carbocycles. The average Bonchev–Trinajstić information content (AvgIpc) is 2.96. The normalized spacial score (nSPS) is 21.7. The Balaban J connectivity index is 1.97. The Kier molecular flexibility index (Phi) is 4.49. The van der Waals surface area contributed by atoms with Crippen molar-refractivity contribution in [2.45, 2.75) is 45.8 Å². The van der Waals surface area contributed by atoms with Crippen molar-refractivity contribution in [3.05, 3.63) is 24.0 Å². The molecule has 1 aliphatic rings. The van der Waals surface area contributed by atoms with E-state index in [4.69, 9.17) is 4.74 Å². The topological polar surface area (TPSA) is 79.0 Å². The molecule has 0 saturated carbocycles. The molecule has 3 heterocycles. The number of fused-ring (bicyclic) bond motifs is 1. The smallest absolute Gasteiger partial charge is 0.342 e. The van der Waals surface area contributed by atoms with E-state index in [9.17, 15) is 4.79 Å². The maximum absolute atomic E-state index is 12.6. The van der Waals surface area contributed by atoms with Gasteiger partial charge in [-0.15, -0.1) is 0 Å². The number of nitrogens with one attached hydrogen (secondary N) is 3. The quantitative estimate of drug-likeness (QED) is 0.754. The van der Waals surface area contributed by atoms with Crippen molar-refractivity contribution in [2.75, 3.05) is 18.4 Å². The Morgan fingerprint density at radius 3 is 2.92 bits per heavy atom. The third kappa shape index (κ3) is 3.53. The number of rotatable bonds is 3. The van der Waals surface area contributed by atoms with Gasteiger partial charge in [0.25, 0.3) is 0 Å². The van der Waals surface area contributed by atoms with E-state index in [-0.39, 0.29) is 12.0 Å². The zero-order valence-corrected chi connectivity index (χ0v) is 14.8. The Labute approximate surface area is 142 Å². The highest BCUT2D eigenvalue weighted by molar-refractivity contribution is 6.04. The Morgan fingerprint density at radius 2 is 2.21 bits per heavy atom.